The van der Waals surface area contributed by atoms with Crippen LogP contribution in [0.2, 0.25) is 0 Å². The second-order valence-electron chi connectivity index (χ2n) is 5.49. The van der Waals surface area contributed by atoms with E-state index in [1.165, 1.54) is 0 Å². The molecule has 2 aliphatic rings. The number of hydrogen-bond donors (Lipinski definition) is 1. The van der Waals surface area contributed by atoms with Gasteiger partial charge in [-0.1, -0.05) is 12.1 Å². The van der Waals surface area contributed by atoms with Gasteiger partial charge in [-0.05, 0) is 18.6 Å². The summed E-state index contributed by atoms with van der Waals surface area (Å²) in [4.78, 5) is 20.2. The molecular formula is C16H23IN4O3. The van der Waals surface area contributed by atoms with Gasteiger partial charge in [0.25, 0.3) is 5.91 Å². The molecule has 1 fully saturated rings. The molecule has 1 amide bonds. The zero-order valence-corrected chi connectivity index (χ0v) is 15.8. The molecule has 132 valence electrons. The number of carbonyl (C=O) groups excluding carboxylic acids is 1. The molecule has 2 N–H and O–H groups in total. The normalized spacial score (nSPS) is 17.8. The molecule has 2 aliphatic heterocycles. The molecule has 0 unspecified atom stereocenters. The predicted octanol–water partition coefficient (Wildman–Crippen LogP) is 1.07. The minimum absolute atomic E-state index is 0. The Labute approximate surface area is 158 Å². The minimum Gasteiger partial charge on any atom is -0.482 e. The first-order chi connectivity index (χ1) is 11.3. The van der Waals surface area contributed by atoms with E-state index in [1.54, 1.807) is 4.90 Å². The van der Waals surface area contributed by atoms with E-state index in [-0.39, 0.29) is 36.5 Å². The number of amides is 1. The van der Waals surface area contributed by atoms with Gasteiger partial charge >= 0.3 is 0 Å². The summed E-state index contributed by atoms with van der Waals surface area (Å²) in [5.74, 6) is 1.29. The van der Waals surface area contributed by atoms with Gasteiger partial charge in [0.1, 0.15) is 5.75 Å². The van der Waals surface area contributed by atoms with E-state index in [0.29, 0.717) is 32.3 Å². The van der Waals surface area contributed by atoms with E-state index < -0.39 is 0 Å². The van der Waals surface area contributed by atoms with Crippen molar-refractivity contribution in [2.24, 2.45) is 10.7 Å². The van der Waals surface area contributed by atoms with Crippen LogP contribution in [0.25, 0.3) is 0 Å². The summed E-state index contributed by atoms with van der Waals surface area (Å²) in [6, 6.07) is 7.59. The van der Waals surface area contributed by atoms with Crippen molar-refractivity contribution in [2.75, 3.05) is 50.9 Å². The maximum Gasteiger partial charge on any atom is 0.265 e. The number of ether oxygens (including phenoxy) is 2. The molecule has 0 bridgehead atoms. The Bertz CT molecular complexity index is 590. The summed E-state index contributed by atoms with van der Waals surface area (Å²) in [5, 5.41) is 0. The number of para-hydroxylation sites is 2. The molecule has 0 saturated carbocycles. The van der Waals surface area contributed by atoms with E-state index in [9.17, 15) is 4.79 Å². The molecule has 2 heterocycles. The summed E-state index contributed by atoms with van der Waals surface area (Å²) in [5.41, 5.74) is 6.82. The molecule has 0 atom stereocenters. The smallest absolute Gasteiger partial charge is 0.265 e. The van der Waals surface area contributed by atoms with Crippen LogP contribution in [0.5, 0.6) is 5.75 Å². The first kappa shape index (κ1) is 18.8. The molecular weight excluding hydrogens is 423 g/mol. The monoisotopic (exact) mass is 446 g/mol. The zero-order valence-electron chi connectivity index (χ0n) is 13.5. The van der Waals surface area contributed by atoms with Gasteiger partial charge in [0.05, 0.1) is 18.9 Å². The summed E-state index contributed by atoms with van der Waals surface area (Å²) >= 11 is 0. The molecule has 24 heavy (non-hydrogen) atoms. The Kier molecular flexibility index (Phi) is 7.10. The van der Waals surface area contributed by atoms with Crippen molar-refractivity contribution >= 4 is 41.5 Å². The van der Waals surface area contributed by atoms with Crippen LogP contribution in [0.15, 0.2) is 29.3 Å². The highest BCUT2D eigenvalue weighted by Gasteiger charge is 2.24. The quantitative estimate of drug-likeness (QED) is 0.324. The molecule has 3 rings (SSSR count). The maximum atomic E-state index is 12.1. The van der Waals surface area contributed by atoms with E-state index in [0.717, 1.165) is 30.9 Å². The third kappa shape index (κ3) is 4.50. The van der Waals surface area contributed by atoms with Gasteiger partial charge in [-0.3, -0.25) is 9.79 Å². The largest absolute Gasteiger partial charge is 0.482 e. The van der Waals surface area contributed by atoms with E-state index in [2.05, 4.69) is 4.99 Å². The second-order valence-corrected chi connectivity index (χ2v) is 5.49. The van der Waals surface area contributed by atoms with Crippen molar-refractivity contribution in [1.82, 2.24) is 4.90 Å². The minimum atomic E-state index is -0.0196. The number of carbonyl (C=O) groups is 1. The van der Waals surface area contributed by atoms with Crippen molar-refractivity contribution < 1.29 is 14.3 Å². The molecule has 0 spiro atoms. The van der Waals surface area contributed by atoms with E-state index in [4.69, 9.17) is 15.2 Å². The Balaban J connectivity index is 0.00000208. The predicted molar refractivity (Wildman–Crippen MR) is 103 cm³/mol. The number of anilines is 1. The summed E-state index contributed by atoms with van der Waals surface area (Å²) in [7, 11) is 0. The van der Waals surface area contributed by atoms with Crippen LogP contribution in [0, 0.1) is 0 Å². The Morgan fingerprint density at radius 1 is 1.25 bits per heavy atom. The van der Waals surface area contributed by atoms with Crippen LogP contribution < -0.4 is 15.4 Å². The first-order valence-corrected chi connectivity index (χ1v) is 7.90. The van der Waals surface area contributed by atoms with E-state index >= 15 is 0 Å². The average Bonchev–Trinajstić information content (AvgIpc) is 2.60. The van der Waals surface area contributed by atoms with Gasteiger partial charge in [0.2, 0.25) is 0 Å². The Morgan fingerprint density at radius 2 is 2.00 bits per heavy atom. The number of nitrogens with two attached hydrogens (primary N) is 1. The van der Waals surface area contributed by atoms with E-state index in [1.807, 2.05) is 29.2 Å². The first-order valence-electron chi connectivity index (χ1n) is 7.90. The van der Waals surface area contributed by atoms with Gasteiger partial charge in [0.15, 0.2) is 12.6 Å². The molecule has 0 aliphatic carbocycles. The topological polar surface area (TPSA) is 80.4 Å². The fraction of sp³-hybridized carbons (Fsp3) is 0.500. The van der Waals surface area contributed by atoms with Gasteiger partial charge < -0.3 is 25.0 Å². The fourth-order valence-electron chi connectivity index (χ4n) is 2.71. The van der Waals surface area contributed by atoms with Gasteiger partial charge in [-0.15, -0.1) is 24.0 Å². The summed E-state index contributed by atoms with van der Waals surface area (Å²) in [6.45, 7) is 4.24. The average molecular weight is 446 g/mol. The fourth-order valence-corrected chi connectivity index (χ4v) is 2.71. The van der Waals surface area contributed by atoms with Crippen molar-refractivity contribution in [3.63, 3.8) is 0 Å². The van der Waals surface area contributed by atoms with Crippen LogP contribution in [-0.4, -0.2) is 62.8 Å². The van der Waals surface area contributed by atoms with Crippen molar-refractivity contribution in [3.05, 3.63) is 24.3 Å². The lowest BCUT2D eigenvalue weighted by molar-refractivity contribution is -0.121. The maximum absolute atomic E-state index is 12.1. The summed E-state index contributed by atoms with van der Waals surface area (Å²) in [6.07, 6.45) is 0.755. The number of rotatable bonds is 4. The van der Waals surface area contributed by atoms with Crippen molar-refractivity contribution in [2.45, 2.75) is 6.42 Å². The van der Waals surface area contributed by atoms with Gasteiger partial charge in [0, 0.05) is 26.2 Å². The molecule has 1 aromatic carbocycles. The molecule has 1 aromatic rings. The molecule has 0 aromatic heterocycles. The Hall–Kier alpha value is -1.55. The molecule has 8 heteroatoms. The number of hydrogen-bond acceptors (Lipinski definition) is 4. The SMILES string of the molecule is I.NC(=NCCCN1C(=O)COc2ccccc21)N1CCOCC1. The van der Waals surface area contributed by atoms with Crippen LogP contribution in [0.3, 0.4) is 0 Å². The standard InChI is InChI=1S/C16H22N4O3.HI/c17-16(19-8-10-22-11-9-19)18-6-3-7-20-13-4-1-2-5-14(13)23-12-15(20)21;/h1-2,4-5H,3,6-12H2,(H2,17,18);1H. The lowest BCUT2D eigenvalue weighted by Crippen LogP contribution is -2.45. The molecule has 1 saturated heterocycles. The highest BCUT2D eigenvalue weighted by atomic mass is 127. The number of benzene rings is 1. The van der Waals surface area contributed by atoms with Crippen LogP contribution in [-0.2, 0) is 9.53 Å². The lowest BCUT2D eigenvalue weighted by Gasteiger charge is -2.29. The van der Waals surface area contributed by atoms with Crippen LogP contribution in [0.4, 0.5) is 5.69 Å². The van der Waals surface area contributed by atoms with Crippen LogP contribution >= 0.6 is 24.0 Å². The molecule has 0 radical (unpaired) electrons. The zero-order chi connectivity index (χ0) is 16.1. The number of nitrogens with zero attached hydrogens (tertiary/aromatic N) is 3. The second kappa shape index (κ2) is 9.07. The Morgan fingerprint density at radius 3 is 2.79 bits per heavy atom. The highest BCUT2D eigenvalue weighted by molar-refractivity contribution is 14.0. The third-order valence-electron chi connectivity index (χ3n) is 3.96. The van der Waals surface area contributed by atoms with Crippen molar-refractivity contribution in [1.29, 1.82) is 0 Å². The highest BCUT2D eigenvalue weighted by Crippen LogP contribution is 2.31. The number of fused-ring (bicyclic) bond motifs is 1. The molecule has 7 nitrogen and oxygen atoms in total. The number of aliphatic imine (C=N–C) groups is 1. The van der Waals surface area contributed by atoms with Gasteiger partial charge in [-0.25, -0.2) is 0 Å². The number of halogens is 1. The van der Waals surface area contributed by atoms with Gasteiger partial charge in [-0.2, -0.15) is 0 Å². The van der Waals surface area contributed by atoms with Crippen LogP contribution in [0.1, 0.15) is 6.42 Å². The lowest BCUT2D eigenvalue weighted by atomic mass is 10.2. The van der Waals surface area contributed by atoms with Crippen molar-refractivity contribution in [3.8, 4) is 5.75 Å². The third-order valence-corrected chi connectivity index (χ3v) is 3.96. The number of morpholine rings is 1. The summed E-state index contributed by atoms with van der Waals surface area (Å²) < 4.78 is 10.7. The number of guanidine groups is 1.